The second-order valence-electron chi connectivity index (χ2n) is 11.2. The Balaban J connectivity index is 1.49. The van der Waals surface area contributed by atoms with E-state index >= 15 is 0 Å². The third kappa shape index (κ3) is 7.13. The summed E-state index contributed by atoms with van der Waals surface area (Å²) in [5, 5.41) is 27.2. The average Bonchev–Trinajstić information content (AvgIpc) is 3.62. The van der Waals surface area contributed by atoms with Crippen LogP contribution in [0, 0.1) is 11.3 Å². The van der Waals surface area contributed by atoms with Gasteiger partial charge in [-0.3, -0.25) is 9.48 Å². The Morgan fingerprint density at radius 3 is 2.57 bits per heavy atom. The lowest BCUT2D eigenvalue weighted by Gasteiger charge is -2.26. The van der Waals surface area contributed by atoms with E-state index in [9.17, 15) is 31.5 Å². The lowest BCUT2D eigenvalue weighted by Crippen LogP contribution is -2.37. The first-order chi connectivity index (χ1) is 20.8. The summed E-state index contributed by atoms with van der Waals surface area (Å²) in [5.41, 5.74) is 1.19. The van der Waals surface area contributed by atoms with E-state index in [1.807, 2.05) is 6.07 Å². The molecule has 3 aromatic rings. The number of aromatic nitrogens is 2. The van der Waals surface area contributed by atoms with Crippen molar-refractivity contribution in [1.29, 1.82) is 5.26 Å². The van der Waals surface area contributed by atoms with Crippen molar-refractivity contribution in [1.82, 2.24) is 24.3 Å². The highest BCUT2D eigenvalue weighted by atomic mass is 32.2. The number of rotatable bonds is 9. The van der Waals surface area contributed by atoms with Crippen molar-refractivity contribution in [2.24, 2.45) is 0 Å². The number of aliphatic hydroxyl groups is 1. The molecule has 0 aliphatic carbocycles. The number of hydrogen-bond acceptors (Lipinski definition) is 7. The van der Waals surface area contributed by atoms with Gasteiger partial charge in [-0.15, -0.1) is 0 Å². The molecule has 1 aromatic heterocycles. The summed E-state index contributed by atoms with van der Waals surface area (Å²) in [4.78, 5) is 14.9. The molecule has 5 rings (SSSR count). The van der Waals surface area contributed by atoms with Crippen molar-refractivity contribution in [2.75, 3.05) is 32.4 Å². The monoisotopic (exact) mass is 630 g/mol. The topological polar surface area (TPSA) is 132 Å². The van der Waals surface area contributed by atoms with Gasteiger partial charge in [-0.2, -0.15) is 27.8 Å². The third-order valence-electron chi connectivity index (χ3n) is 8.00. The lowest BCUT2D eigenvalue weighted by molar-refractivity contribution is -0.138. The first-order valence-corrected chi connectivity index (χ1v) is 16.1. The molecule has 14 heteroatoms. The standard InChI is InChI=1S/C30H33F3N6O4S/c1-44(42,43)38-12-9-27-25(19-38)28(36-39(27)18-24(40)17-37-10-2-3-11-37)21-7-8-26(30(31,32)33)23(14-21)16-35-29(41)22-6-4-5-20(13-22)15-34/h4-8,13-14,24,40H,2-3,9-12,16-19H2,1H3,(H,35,41). The van der Waals surface area contributed by atoms with Crippen LogP contribution >= 0.6 is 0 Å². The normalized spacial score (nSPS) is 16.8. The third-order valence-corrected chi connectivity index (χ3v) is 9.25. The van der Waals surface area contributed by atoms with Crippen molar-refractivity contribution < 1.29 is 31.5 Å². The molecule has 2 aliphatic rings. The molecule has 44 heavy (non-hydrogen) atoms. The molecule has 0 radical (unpaired) electrons. The highest BCUT2D eigenvalue weighted by Gasteiger charge is 2.35. The van der Waals surface area contributed by atoms with Crippen molar-refractivity contribution in [3.63, 3.8) is 0 Å². The number of β-amino-alcohol motifs (C(OH)–C–C–N with tert-alkyl or cyclic N) is 1. The summed E-state index contributed by atoms with van der Waals surface area (Å²) in [6, 6.07) is 11.3. The van der Waals surface area contributed by atoms with E-state index in [2.05, 4.69) is 10.2 Å². The average molecular weight is 631 g/mol. The van der Waals surface area contributed by atoms with Gasteiger partial charge in [0.05, 0.1) is 41.8 Å². The number of carbonyl (C=O) groups is 1. The Kier molecular flexibility index (Phi) is 9.12. The summed E-state index contributed by atoms with van der Waals surface area (Å²) in [7, 11) is -3.56. The molecule has 3 heterocycles. The number of nitriles is 1. The number of nitrogens with zero attached hydrogens (tertiary/aromatic N) is 5. The fourth-order valence-electron chi connectivity index (χ4n) is 5.82. The van der Waals surface area contributed by atoms with Gasteiger partial charge in [0.1, 0.15) is 0 Å². The zero-order valence-electron chi connectivity index (χ0n) is 24.1. The number of nitrogens with one attached hydrogen (secondary N) is 1. The van der Waals surface area contributed by atoms with Gasteiger partial charge in [0.15, 0.2) is 0 Å². The largest absolute Gasteiger partial charge is 0.416 e. The molecule has 0 saturated carbocycles. The number of likely N-dealkylation sites (tertiary alicyclic amines) is 1. The van der Waals surface area contributed by atoms with E-state index in [-0.39, 0.29) is 36.3 Å². The molecule has 1 amide bonds. The molecule has 1 saturated heterocycles. The van der Waals surface area contributed by atoms with Crippen molar-refractivity contribution in [3.05, 3.63) is 76.0 Å². The van der Waals surface area contributed by atoms with Gasteiger partial charge in [-0.1, -0.05) is 12.1 Å². The van der Waals surface area contributed by atoms with E-state index in [4.69, 9.17) is 10.4 Å². The number of hydrogen-bond donors (Lipinski definition) is 2. The van der Waals surface area contributed by atoms with Crippen LogP contribution < -0.4 is 5.32 Å². The van der Waals surface area contributed by atoms with Crippen LogP contribution in [0.15, 0.2) is 42.5 Å². The Hall–Kier alpha value is -3.77. The predicted molar refractivity (Wildman–Crippen MR) is 156 cm³/mol. The van der Waals surface area contributed by atoms with E-state index < -0.39 is 40.3 Å². The first kappa shape index (κ1) is 31.6. The van der Waals surface area contributed by atoms with Crippen LogP contribution in [0.2, 0.25) is 0 Å². The molecule has 234 valence electrons. The maximum Gasteiger partial charge on any atom is 0.416 e. The molecule has 2 aromatic carbocycles. The summed E-state index contributed by atoms with van der Waals surface area (Å²) >= 11 is 0. The van der Waals surface area contributed by atoms with E-state index in [0.717, 1.165) is 43.9 Å². The SMILES string of the molecule is CS(=O)(=O)N1CCc2c(c(-c3ccc(C(F)(F)F)c(CNC(=O)c4cccc(C#N)c4)c3)nn2CC(O)CN2CCCC2)C1. The van der Waals surface area contributed by atoms with E-state index in [0.29, 0.717) is 29.8 Å². The maximum atomic E-state index is 14.0. The van der Waals surface area contributed by atoms with Gasteiger partial charge in [-0.05, 0) is 61.8 Å². The van der Waals surface area contributed by atoms with Gasteiger partial charge >= 0.3 is 6.18 Å². The molecule has 2 aliphatic heterocycles. The van der Waals surface area contributed by atoms with Crippen molar-refractivity contribution >= 4 is 15.9 Å². The summed E-state index contributed by atoms with van der Waals surface area (Å²) < 4.78 is 69.8. The second-order valence-corrected chi connectivity index (χ2v) is 13.2. The predicted octanol–water partition coefficient (Wildman–Crippen LogP) is 3.14. The molecule has 10 nitrogen and oxygen atoms in total. The number of carbonyl (C=O) groups excluding carboxylic acids is 1. The molecule has 2 N–H and O–H groups in total. The summed E-state index contributed by atoms with van der Waals surface area (Å²) in [6.07, 6.45) is -1.87. The molecule has 1 unspecified atom stereocenters. The van der Waals surface area contributed by atoms with Gasteiger partial charge in [0, 0.05) is 55.0 Å². The number of fused-ring (bicyclic) bond motifs is 1. The van der Waals surface area contributed by atoms with Crippen LogP contribution in [-0.4, -0.2) is 77.0 Å². The number of halogens is 3. The summed E-state index contributed by atoms with van der Waals surface area (Å²) in [5.74, 6) is -0.641. The van der Waals surface area contributed by atoms with Crippen molar-refractivity contribution in [2.45, 2.75) is 51.2 Å². The molecule has 0 spiro atoms. The minimum absolute atomic E-state index is 0.00591. The molecular weight excluding hydrogens is 597 g/mol. The number of benzene rings is 2. The van der Waals surface area contributed by atoms with Gasteiger partial charge in [-0.25, -0.2) is 8.42 Å². The first-order valence-electron chi connectivity index (χ1n) is 14.3. The van der Waals surface area contributed by atoms with Crippen LogP contribution in [-0.2, 0) is 42.3 Å². The van der Waals surface area contributed by atoms with E-state index in [1.165, 1.54) is 40.7 Å². The van der Waals surface area contributed by atoms with Crippen LogP contribution in [0.1, 0.15) is 51.1 Å². The Labute approximate surface area is 253 Å². The highest BCUT2D eigenvalue weighted by molar-refractivity contribution is 7.88. The van der Waals surface area contributed by atoms with E-state index in [1.54, 1.807) is 4.68 Å². The fraction of sp³-hybridized carbons (Fsp3) is 0.433. The number of sulfonamides is 1. The zero-order valence-corrected chi connectivity index (χ0v) is 25.0. The van der Waals surface area contributed by atoms with Crippen molar-refractivity contribution in [3.8, 4) is 17.3 Å². The van der Waals surface area contributed by atoms with Crippen LogP contribution in [0.5, 0.6) is 0 Å². The maximum absolute atomic E-state index is 14.0. The number of aliphatic hydroxyl groups excluding tert-OH is 1. The van der Waals surface area contributed by atoms with Gasteiger partial charge < -0.3 is 15.3 Å². The Bertz CT molecular complexity index is 1690. The minimum atomic E-state index is -4.70. The molecule has 0 bridgehead atoms. The quantitative estimate of drug-likeness (QED) is 0.372. The number of amides is 1. The second kappa shape index (κ2) is 12.7. The van der Waals surface area contributed by atoms with Crippen LogP contribution in [0.3, 0.4) is 0 Å². The molecule has 1 fully saturated rings. The highest BCUT2D eigenvalue weighted by Crippen LogP contribution is 2.37. The zero-order chi connectivity index (χ0) is 31.6. The molecule has 1 atom stereocenters. The fourth-order valence-corrected chi connectivity index (χ4v) is 6.61. The molecular formula is C30H33F3N6O4S. The van der Waals surface area contributed by atoms with Gasteiger partial charge in [0.25, 0.3) is 5.91 Å². The lowest BCUT2D eigenvalue weighted by atomic mass is 9.97. The Morgan fingerprint density at radius 1 is 1.14 bits per heavy atom. The number of alkyl halides is 3. The van der Waals surface area contributed by atoms with Gasteiger partial charge in [0.2, 0.25) is 10.0 Å². The van der Waals surface area contributed by atoms with Crippen LogP contribution in [0.4, 0.5) is 13.2 Å². The summed E-state index contributed by atoms with van der Waals surface area (Å²) in [6.45, 7) is 2.18. The van der Waals surface area contributed by atoms with Crippen LogP contribution in [0.25, 0.3) is 11.3 Å². The Morgan fingerprint density at radius 2 is 1.89 bits per heavy atom. The smallest absolute Gasteiger partial charge is 0.390 e. The minimum Gasteiger partial charge on any atom is -0.390 e.